The Morgan fingerprint density at radius 1 is 1.44 bits per heavy atom. The van der Waals surface area contributed by atoms with Crippen LogP contribution in [-0.2, 0) is 10.3 Å². The predicted molar refractivity (Wildman–Crippen MR) is 68.3 cm³/mol. The summed E-state index contributed by atoms with van der Waals surface area (Å²) < 4.78 is 5.27. The number of benzene rings is 1. The Kier molecular flexibility index (Phi) is 3.41. The van der Waals surface area contributed by atoms with Gasteiger partial charge in [0, 0.05) is 5.56 Å². The molecule has 0 saturated heterocycles. The van der Waals surface area contributed by atoms with Crippen LogP contribution >= 0.6 is 0 Å². The Bertz CT molecular complexity index is 460. The summed E-state index contributed by atoms with van der Waals surface area (Å²) in [5.74, 6) is 0.479. The fourth-order valence-electron chi connectivity index (χ4n) is 2.77. The summed E-state index contributed by atoms with van der Waals surface area (Å²) in [6.07, 6.45) is 0.0274. The van der Waals surface area contributed by atoms with E-state index in [0.717, 1.165) is 0 Å². The van der Waals surface area contributed by atoms with Gasteiger partial charge in [0.1, 0.15) is 17.4 Å². The molecule has 0 aliphatic heterocycles. The van der Waals surface area contributed by atoms with E-state index in [2.05, 4.69) is 0 Å². The number of Topliss-reactive ketones (excluding diaryl/α,β-unsaturated/α-hetero) is 1. The number of methoxy groups -OCH3 is 1. The van der Waals surface area contributed by atoms with Crippen molar-refractivity contribution in [3.63, 3.8) is 0 Å². The molecule has 0 amide bonds. The predicted octanol–water partition coefficient (Wildman–Crippen LogP) is 1.21. The maximum atomic E-state index is 12.2. The van der Waals surface area contributed by atoms with Gasteiger partial charge in [-0.1, -0.05) is 25.1 Å². The number of rotatable bonds is 2. The van der Waals surface area contributed by atoms with Gasteiger partial charge in [-0.3, -0.25) is 4.79 Å². The first-order chi connectivity index (χ1) is 8.49. The number of ether oxygens (including phenoxy) is 1. The van der Waals surface area contributed by atoms with Crippen LogP contribution in [0.15, 0.2) is 24.3 Å². The van der Waals surface area contributed by atoms with Crippen LogP contribution in [0.4, 0.5) is 0 Å². The summed E-state index contributed by atoms with van der Waals surface area (Å²) in [5, 5.41) is 9.84. The van der Waals surface area contributed by atoms with Crippen molar-refractivity contribution in [3.05, 3.63) is 29.8 Å². The Balaban J connectivity index is 2.48. The monoisotopic (exact) mass is 249 g/mol. The minimum atomic E-state index is -1.15. The first kappa shape index (κ1) is 13.1. The molecule has 1 fully saturated rings. The first-order valence-corrected chi connectivity index (χ1v) is 6.14. The van der Waals surface area contributed by atoms with E-state index >= 15 is 0 Å². The lowest BCUT2D eigenvalue weighted by Crippen LogP contribution is -2.54. The van der Waals surface area contributed by atoms with Gasteiger partial charge >= 0.3 is 0 Å². The van der Waals surface area contributed by atoms with Crippen LogP contribution in [0.2, 0.25) is 0 Å². The van der Waals surface area contributed by atoms with Crippen molar-refractivity contribution in [1.29, 1.82) is 0 Å². The molecular formula is C14H19NO3. The average Bonchev–Trinajstić information content (AvgIpc) is 2.35. The standard InChI is InChI=1S/C14H19NO3/c1-9-7-11(16)13(17)14(15,8-9)10-5-3-4-6-12(10)18-2/h3-6,9,11,16H,7-8,15H2,1-2H3/t9-,11+,14+/m1/s1. The summed E-state index contributed by atoms with van der Waals surface area (Å²) in [6.45, 7) is 1.99. The zero-order valence-corrected chi connectivity index (χ0v) is 10.7. The van der Waals surface area contributed by atoms with Crippen LogP contribution < -0.4 is 10.5 Å². The van der Waals surface area contributed by atoms with E-state index in [1.165, 1.54) is 0 Å². The number of hydrogen-bond acceptors (Lipinski definition) is 4. The van der Waals surface area contributed by atoms with Gasteiger partial charge < -0.3 is 15.6 Å². The number of nitrogens with two attached hydrogens (primary N) is 1. The first-order valence-electron chi connectivity index (χ1n) is 6.14. The van der Waals surface area contributed by atoms with Crippen molar-refractivity contribution in [1.82, 2.24) is 0 Å². The van der Waals surface area contributed by atoms with Crippen LogP contribution in [0.3, 0.4) is 0 Å². The zero-order chi connectivity index (χ0) is 13.3. The highest BCUT2D eigenvalue weighted by Crippen LogP contribution is 2.39. The second kappa shape index (κ2) is 4.71. The van der Waals surface area contributed by atoms with E-state index in [0.29, 0.717) is 24.2 Å². The molecule has 0 unspecified atom stereocenters. The summed E-state index contributed by atoms with van der Waals surface area (Å²) in [7, 11) is 1.55. The molecule has 98 valence electrons. The van der Waals surface area contributed by atoms with Crippen molar-refractivity contribution < 1.29 is 14.6 Å². The van der Waals surface area contributed by atoms with E-state index in [4.69, 9.17) is 10.5 Å². The largest absolute Gasteiger partial charge is 0.496 e. The van der Waals surface area contributed by atoms with Gasteiger partial charge in [-0.05, 0) is 24.8 Å². The van der Waals surface area contributed by atoms with Crippen molar-refractivity contribution >= 4 is 5.78 Å². The molecule has 0 heterocycles. The quantitative estimate of drug-likeness (QED) is 0.826. The molecule has 3 N–H and O–H groups in total. The summed E-state index contributed by atoms with van der Waals surface area (Å²) >= 11 is 0. The summed E-state index contributed by atoms with van der Waals surface area (Å²) in [4.78, 5) is 12.2. The number of carbonyl (C=O) groups is 1. The molecule has 3 atom stereocenters. The molecule has 0 bridgehead atoms. The molecule has 18 heavy (non-hydrogen) atoms. The Labute approximate surface area is 107 Å². The molecule has 0 aromatic heterocycles. The lowest BCUT2D eigenvalue weighted by molar-refractivity contribution is -0.138. The van der Waals surface area contributed by atoms with E-state index in [1.807, 2.05) is 19.1 Å². The topological polar surface area (TPSA) is 72.6 Å². The molecule has 1 aromatic carbocycles. The van der Waals surface area contributed by atoms with Crippen LogP contribution in [0.25, 0.3) is 0 Å². The van der Waals surface area contributed by atoms with Gasteiger partial charge in [0.2, 0.25) is 0 Å². The third kappa shape index (κ3) is 2.02. The third-order valence-corrected chi connectivity index (χ3v) is 3.63. The molecule has 4 nitrogen and oxygen atoms in total. The molecular weight excluding hydrogens is 230 g/mol. The molecule has 4 heteroatoms. The molecule has 2 rings (SSSR count). The van der Waals surface area contributed by atoms with E-state index in [-0.39, 0.29) is 11.7 Å². The molecule has 1 aliphatic rings. The van der Waals surface area contributed by atoms with Gasteiger partial charge in [0.05, 0.1) is 7.11 Å². The fraction of sp³-hybridized carbons (Fsp3) is 0.500. The summed E-state index contributed by atoms with van der Waals surface area (Å²) in [6, 6.07) is 7.23. The smallest absolute Gasteiger partial charge is 0.185 e. The number of aliphatic hydroxyl groups excluding tert-OH is 1. The second-order valence-corrected chi connectivity index (χ2v) is 5.10. The second-order valence-electron chi connectivity index (χ2n) is 5.10. The molecule has 1 aliphatic carbocycles. The Morgan fingerprint density at radius 2 is 2.11 bits per heavy atom. The normalized spacial score (nSPS) is 32.3. The third-order valence-electron chi connectivity index (χ3n) is 3.63. The highest BCUT2D eigenvalue weighted by atomic mass is 16.5. The minimum absolute atomic E-state index is 0.201. The van der Waals surface area contributed by atoms with Crippen LogP contribution in [-0.4, -0.2) is 24.1 Å². The van der Waals surface area contributed by atoms with Crippen LogP contribution in [0, 0.1) is 5.92 Å². The van der Waals surface area contributed by atoms with Gasteiger partial charge in [0.25, 0.3) is 0 Å². The fourth-order valence-corrected chi connectivity index (χ4v) is 2.77. The highest BCUT2D eigenvalue weighted by Gasteiger charge is 2.46. The molecule has 0 radical (unpaired) electrons. The lowest BCUT2D eigenvalue weighted by Gasteiger charge is -2.38. The Hall–Kier alpha value is -1.39. The van der Waals surface area contributed by atoms with Gasteiger partial charge in [-0.2, -0.15) is 0 Å². The van der Waals surface area contributed by atoms with Crippen LogP contribution in [0.5, 0.6) is 5.75 Å². The van der Waals surface area contributed by atoms with Crippen molar-refractivity contribution in [2.24, 2.45) is 11.7 Å². The highest BCUT2D eigenvalue weighted by molar-refractivity contribution is 5.94. The van der Waals surface area contributed by atoms with Crippen LogP contribution in [0.1, 0.15) is 25.3 Å². The zero-order valence-electron chi connectivity index (χ0n) is 10.7. The average molecular weight is 249 g/mol. The molecule has 1 aromatic rings. The lowest BCUT2D eigenvalue weighted by atomic mass is 9.70. The maximum absolute atomic E-state index is 12.2. The number of ketones is 1. The number of para-hydroxylation sites is 1. The van der Waals surface area contributed by atoms with Crippen molar-refractivity contribution in [3.8, 4) is 5.75 Å². The van der Waals surface area contributed by atoms with Gasteiger partial charge in [-0.25, -0.2) is 0 Å². The van der Waals surface area contributed by atoms with Crippen molar-refractivity contribution in [2.45, 2.75) is 31.4 Å². The number of hydrogen-bond donors (Lipinski definition) is 2. The van der Waals surface area contributed by atoms with Gasteiger partial charge in [-0.15, -0.1) is 0 Å². The van der Waals surface area contributed by atoms with Crippen molar-refractivity contribution in [2.75, 3.05) is 7.11 Å². The molecule has 0 spiro atoms. The Morgan fingerprint density at radius 3 is 2.78 bits per heavy atom. The van der Waals surface area contributed by atoms with Gasteiger partial charge in [0.15, 0.2) is 5.78 Å². The number of aliphatic hydroxyl groups is 1. The van der Waals surface area contributed by atoms with E-state index in [9.17, 15) is 9.90 Å². The maximum Gasteiger partial charge on any atom is 0.185 e. The number of carbonyl (C=O) groups excluding carboxylic acids is 1. The molecule has 1 saturated carbocycles. The summed E-state index contributed by atoms with van der Waals surface area (Å²) in [5.41, 5.74) is 5.80. The minimum Gasteiger partial charge on any atom is -0.496 e. The SMILES string of the molecule is COc1ccccc1[C@@]1(N)C[C@H](C)C[C@H](O)C1=O. The van der Waals surface area contributed by atoms with E-state index in [1.54, 1.807) is 19.2 Å². The van der Waals surface area contributed by atoms with E-state index < -0.39 is 11.6 Å².